The summed E-state index contributed by atoms with van der Waals surface area (Å²) in [6, 6.07) is 2.81. The summed E-state index contributed by atoms with van der Waals surface area (Å²) in [5.74, 6) is 0. The zero-order valence-corrected chi connectivity index (χ0v) is 9.50. The number of hydrogen-bond donors (Lipinski definition) is 2. The molecule has 1 fully saturated rings. The van der Waals surface area contributed by atoms with Gasteiger partial charge in [0.2, 0.25) is 0 Å². The van der Waals surface area contributed by atoms with Crippen LogP contribution in [0.4, 0.5) is 0 Å². The van der Waals surface area contributed by atoms with Gasteiger partial charge in [-0.25, -0.2) is 0 Å². The number of H-pyrrole nitrogens is 1. The van der Waals surface area contributed by atoms with E-state index in [0.717, 1.165) is 6.54 Å². The molecular formula is C12H21N3. The molecule has 84 valence electrons. The fourth-order valence-electron chi connectivity index (χ4n) is 2.24. The van der Waals surface area contributed by atoms with Crippen LogP contribution in [0.15, 0.2) is 18.5 Å². The summed E-state index contributed by atoms with van der Waals surface area (Å²) in [5.41, 5.74) is 1.35. The molecule has 0 saturated carbocycles. The molecule has 1 aromatic rings. The van der Waals surface area contributed by atoms with E-state index in [0.29, 0.717) is 6.04 Å². The molecule has 1 unspecified atom stereocenters. The molecule has 3 nitrogen and oxygen atoms in total. The average molecular weight is 207 g/mol. The van der Waals surface area contributed by atoms with Crippen LogP contribution in [0.3, 0.4) is 0 Å². The third-order valence-electron chi connectivity index (χ3n) is 3.21. The monoisotopic (exact) mass is 207 g/mol. The predicted molar refractivity (Wildman–Crippen MR) is 62.8 cm³/mol. The number of aromatic nitrogens is 1. The van der Waals surface area contributed by atoms with Crippen molar-refractivity contribution >= 4 is 0 Å². The number of rotatable bonds is 4. The first kappa shape index (κ1) is 10.7. The van der Waals surface area contributed by atoms with Gasteiger partial charge in [-0.15, -0.1) is 0 Å². The molecule has 3 heteroatoms. The Morgan fingerprint density at radius 2 is 2.53 bits per heavy atom. The highest BCUT2D eigenvalue weighted by Gasteiger charge is 2.17. The van der Waals surface area contributed by atoms with Crippen LogP contribution in [-0.2, 0) is 6.54 Å². The van der Waals surface area contributed by atoms with E-state index in [1.54, 1.807) is 0 Å². The van der Waals surface area contributed by atoms with Crippen molar-refractivity contribution in [2.45, 2.75) is 32.4 Å². The fourth-order valence-corrected chi connectivity index (χ4v) is 2.24. The van der Waals surface area contributed by atoms with Crippen molar-refractivity contribution < 1.29 is 0 Å². The molecule has 0 amide bonds. The lowest BCUT2D eigenvalue weighted by Gasteiger charge is -2.32. The first-order chi connectivity index (χ1) is 7.38. The molecule has 0 bridgehead atoms. The summed E-state index contributed by atoms with van der Waals surface area (Å²) in [6.45, 7) is 6.91. The van der Waals surface area contributed by atoms with Gasteiger partial charge in [-0.1, -0.05) is 6.92 Å². The minimum absolute atomic E-state index is 0.675. The topological polar surface area (TPSA) is 31.1 Å². The van der Waals surface area contributed by atoms with Gasteiger partial charge in [-0.2, -0.15) is 0 Å². The third kappa shape index (κ3) is 3.08. The SMILES string of the molecule is CCN1CCCC(NCc2cc[nH]c2)C1. The molecule has 0 aromatic carbocycles. The van der Waals surface area contributed by atoms with E-state index in [2.05, 4.69) is 34.4 Å². The molecule has 1 saturated heterocycles. The van der Waals surface area contributed by atoms with Crippen LogP contribution < -0.4 is 5.32 Å². The standard InChI is InChI=1S/C12H21N3/c1-2-15-7-3-4-12(10-15)14-9-11-5-6-13-8-11/h5-6,8,12-14H,2-4,7,9-10H2,1H3. The van der Waals surface area contributed by atoms with E-state index >= 15 is 0 Å². The van der Waals surface area contributed by atoms with Gasteiger partial charge in [-0.05, 0) is 37.6 Å². The first-order valence-electron chi connectivity index (χ1n) is 5.96. The fraction of sp³-hybridized carbons (Fsp3) is 0.667. The molecule has 1 atom stereocenters. The van der Waals surface area contributed by atoms with Crippen molar-refractivity contribution in [3.05, 3.63) is 24.0 Å². The Labute approximate surface area is 91.9 Å². The lowest BCUT2D eigenvalue weighted by atomic mass is 10.1. The molecule has 2 N–H and O–H groups in total. The summed E-state index contributed by atoms with van der Waals surface area (Å²) in [5, 5.41) is 3.63. The molecule has 1 aliphatic rings. The van der Waals surface area contributed by atoms with Crippen LogP contribution in [0.25, 0.3) is 0 Å². The van der Waals surface area contributed by atoms with Crippen LogP contribution in [0.5, 0.6) is 0 Å². The van der Waals surface area contributed by atoms with Gasteiger partial charge in [0.25, 0.3) is 0 Å². The second-order valence-corrected chi connectivity index (χ2v) is 4.33. The summed E-state index contributed by atoms with van der Waals surface area (Å²) >= 11 is 0. The van der Waals surface area contributed by atoms with Crippen molar-refractivity contribution in [3.63, 3.8) is 0 Å². The Morgan fingerprint density at radius 1 is 1.60 bits per heavy atom. The van der Waals surface area contributed by atoms with E-state index in [4.69, 9.17) is 0 Å². The van der Waals surface area contributed by atoms with Gasteiger partial charge >= 0.3 is 0 Å². The minimum atomic E-state index is 0.675. The van der Waals surface area contributed by atoms with Gasteiger partial charge in [0.05, 0.1) is 0 Å². The molecular weight excluding hydrogens is 186 g/mol. The van der Waals surface area contributed by atoms with Crippen LogP contribution in [-0.4, -0.2) is 35.6 Å². The Kier molecular flexibility index (Phi) is 3.80. The largest absolute Gasteiger partial charge is 0.367 e. The third-order valence-corrected chi connectivity index (χ3v) is 3.21. The average Bonchev–Trinajstić information content (AvgIpc) is 2.79. The molecule has 0 aliphatic carbocycles. The zero-order valence-electron chi connectivity index (χ0n) is 9.50. The number of likely N-dealkylation sites (tertiary alicyclic amines) is 1. The summed E-state index contributed by atoms with van der Waals surface area (Å²) in [7, 11) is 0. The summed E-state index contributed by atoms with van der Waals surface area (Å²) in [6.07, 6.45) is 6.70. The maximum atomic E-state index is 3.63. The maximum Gasteiger partial charge on any atom is 0.0223 e. The van der Waals surface area contributed by atoms with Crippen LogP contribution in [0.1, 0.15) is 25.3 Å². The van der Waals surface area contributed by atoms with Crippen molar-refractivity contribution in [1.29, 1.82) is 0 Å². The molecule has 2 heterocycles. The van der Waals surface area contributed by atoms with Crippen LogP contribution in [0, 0.1) is 0 Å². The van der Waals surface area contributed by atoms with E-state index in [1.807, 2.05) is 6.20 Å². The number of nitrogens with one attached hydrogen (secondary N) is 2. The van der Waals surface area contributed by atoms with Gasteiger partial charge in [0, 0.05) is 31.5 Å². The number of hydrogen-bond acceptors (Lipinski definition) is 2. The van der Waals surface area contributed by atoms with Crippen molar-refractivity contribution in [3.8, 4) is 0 Å². The number of nitrogens with zero attached hydrogens (tertiary/aromatic N) is 1. The predicted octanol–water partition coefficient (Wildman–Crippen LogP) is 1.59. The van der Waals surface area contributed by atoms with Gasteiger partial charge in [-0.3, -0.25) is 0 Å². The zero-order chi connectivity index (χ0) is 10.5. The van der Waals surface area contributed by atoms with Gasteiger partial charge < -0.3 is 15.2 Å². The van der Waals surface area contributed by atoms with E-state index < -0.39 is 0 Å². The van der Waals surface area contributed by atoms with E-state index in [-0.39, 0.29) is 0 Å². The van der Waals surface area contributed by atoms with Gasteiger partial charge in [0.1, 0.15) is 0 Å². The lowest BCUT2D eigenvalue weighted by Crippen LogP contribution is -2.45. The highest BCUT2D eigenvalue weighted by Crippen LogP contribution is 2.10. The Hall–Kier alpha value is -0.800. The smallest absolute Gasteiger partial charge is 0.0223 e. The normalized spacial score (nSPS) is 23.1. The number of aromatic amines is 1. The molecule has 0 spiro atoms. The molecule has 1 aromatic heterocycles. The Bertz CT molecular complexity index is 268. The minimum Gasteiger partial charge on any atom is -0.367 e. The second kappa shape index (κ2) is 5.33. The summed E-state index contributed by atoms with van der Waals surface area (Å²) < 4.78 is 0. The number of likely N-dealkylation sites (N-methyl/N-ethyl adjacent to an activating group) is 1. The van der Waals surface area contributed by atoms with Gasteiger partial charge in [0.15, 0.2) is 0 Å². The molecule has 2 rings (SSSR count). The van der Waals surface area contributed by atoms with E-state index in [1.165, 1.54) is 38.0 Å². The van der Waals surface area contributed by atoms with Crippen LogP contribution >= 0.6 is 0 Å². The Morgan fingerprint density at radius 3 is 3.27 bits per heavy atom. The van der Waals surface area contributed by atoms with Crippen LogP contribution in [0.2, 0.25) is 0 Å². The van der Waals surface area contributed by atoms with Crippen molar-refractivity contribution in [2.24, 2.45) is 0 Å². The summed E-state index contributed by atoms with van der Waals surface area (Å²) in [4.78, 5) is 5.61. The first-order valence-corrected chi connectivity index (χ1v) is 5.96. The molecule has 0 radical (unpaired) electrons. The second-order valence-electron chi connectivity index (χ2n) is 4.33. The maximum absolute atomic E-state index is 3.63. The quantitative estimate of drug-likeness (QED) is 0.785. The molecule has 1 aliphatic heterocycles. The highest BCUT2D eigenvalue weighted by molar-refractivity contribution is 5.07. The number of piperidine rings is 1. The van der Waals surface area contributed by atoms with Crippen molar-refractivity contribution in [2.75, 3.05) is 19.6 Å². The van der Waals surface area contributed by atoms with Crippen molar-refractivity contribution in [1.82, 2.24) is 15.2 Å². The lowest BCUT2D eigenvalue weighted by molar-refractivity contribution is 0.198. The Balaban J connectivity index is 1.74. The highest BCUT2D eigenvalue weighted by atomic mass is 15.2. The van der Waals surface area contributed by atoms with E-state index in [9.17, 15) is 0 Å². The molecule has 15 heavy (non-hydrogen) atoms.